The predicted molar refractivity (Wildman–Crippen MR) is 29.5 cm³/mol. The van der Waals surface area contributed by atoms with Crippen molar-refractivity contribution in [1.29, 1.82) is 0 Å². The minimum absolute atomic E-state index is 0. The van der Waals surface area contributed by atoms with Gasteiger partial charge in [-0.3, -0.25) is 9.82 Å². The fourth-order valence-corrected chi connectivity index (χ4v) is 0. The minimum atomic E-state index is 0. The molecule has 0 amide bonds. The Hall–Kier alpha value is 0.151. The second-order valence-electron chi connectivity index (χ2n) is 0.179. The van der Waals surface area contributed by atoms with Crippen molar-refractivity contribution >= 4 is 48.9 Å². The molecule has 0 aromatic carbocycles. The van der Waals surface area contributed by atoms with Crippen molar-refractivity contribution in [1.82, 2.24) is 0 Å². The van der Waals surface area contributed by atoms with Gasteiger partial charge < -0.3 is 27.6 Å². The van der Waals surface area contributed by atoms with Crippen LogP contribution in [0.3, 0.4) is 0 Å². The molecule has 8 heteroatoms. The van der Waals surface area contributed by atoms with E-state index >= 15 is 0 Å². The SMILES string of the molecule is O.[Ba+2].[N-]=[N+]=[N-].[N-]=[N+]=[N-]. The van der Waals surface area contributed by atoms with Crippen molar-refractivity contribution in [2.75, 3.05) is 0 Å². The summed E-state index contributed by atoms with van der Waals surface area (Å²) in [6.45, 7) is 0. The van der Waals surface area contributed by atoms with Gasteiger partial charge in [-0.25, -0.2) is 0 Å². The average molecular weight is 239 g/mol. The first kappa shape index (κ1) is 24.2. The molecular weight excluding hydrogens is 237 g/mol. The summed E-state index contributed by atoms with van der Waals surface area (Å²) in [5.41, 5.74) is 27.0. The van der Waals surface area contributed by atoms with E-state index in [2.05, 4.69) is 0 Å². The van der Waals surface area contributed by atoms with E-state index in [1.54, 1.807) is 0 Å². The molecule has 8 heavy (non-hydrogen) atoms. The topological polar surface area (TPSA) is 149 Å². The molecular formula is H2BaN6O. The fourth-order valence-electron chi connectivity index (χ4n) is 0. The van der Waals surface area contributed by atoms with Crippen molar-refractivity contribution in [2.24, 2.45) is 0 Å². The summed E-state index contributed by atoms with van der Waals surface area (Å²) in [6.07, 6.45) is 0. The van der Waals surface area contributed by atoms with Crippen LogP contribution in [0, 0.1) is 0 Å². The summed E-state index contributed by atoms with van der Waals surface area (Å²) in [4.78, 5) is 3.00. The third-order valence-corrected chi connectivity index (χ3v) is 0. The van der Waals surface area contributed by atoms with E-state index in [0.717, 1.165) is 0 Å². The van der Waals surface area contributed by atoms with Crippen LogP contribution in [-0.2, 0) is 0 Å². The maximum Gasteiger partial charge on any atom is 2.00 e. The van der Waals surface area contributed by atoms with Crippen LogP contribution < -0.4 is 0 Å². The van der Waals surface area contributed by atoms with Crippen LogP contribution in [0.4, 0.5) is 0 Å². The Kier molecular flexibility index (Phi) is 177. The molecule has 0 bridgehead atoms. The Bertz CT molecular complexity index is 62.5. The first-order valence-electron chi connectivity index (χ1n) is 0.800. The summed E-state index contributed by atoms with van der Waals surface area (Å²) in [5, 5.41) is 0. The van der Waals surface area contributed by atoms with E-state index in [1.807, 2.05) is 0 Å². The van der Waals surface area contributed by atoms with Crippen molar-refractivity contribution in [3.05, 3.63) is 31.9 Å². The molecule has 0 aliphatic carbocycles. The quantitative estimate of drug-likeness (QED) is 0.251. The molecule has 0 spiro atoms. The minimum Gasteiger partial charge on any atom is -0.412 e. The summed E-state index contributed by atoms with van der Waals surface area (Å²) < 4.78 is 0. The maximum atomic E-state index is 6.75. The zero-order valence-corrected chi connectivity index (χ0v) is 8.33. The molecule has 0 saturated heterocycles. The molecule has 2 N–H and O–H groups in total. The molecule has 0 radical (unpaired) electrons. The van der Waals surface area contributed by atoms with Crippen LogP contribution in [0.5, 0.6) is 0 Å². The van der Waals surface area contributed by atoms with Crippen LogP contribution in [0.2, 0.25) is 0 Å². The second-order valence-corrected chi connectivity index (χ2v) is 0.179. The van der Waals surface area contributed by atoms with Crippen molar-refractivity contribution in [3.8, 4) is 0 Å². The van der Waals surface area contributed by atoms with Gasteiger partial charge in [0, 0.05) is 0 Å². The van der Waals surface area contributed by atoms with Crippen molar-refractivity contribution in [3.63, 3.8) is 0 Å². The largest absolute Gasteiger partial charge is 2.00 e. The summed E-state index contributed by atoms with van der Waals surface area (Å²) in [5.74, 6) is 0. The van der Waals surface area contributed by atoms with E-state index in [4.69, 9.17) is 22.1 Å². The Morgan fingerprint density at radius 1 is 0.750 bits per heavy atom. The van der Waals surface area contributed by atoms with Crippen molar-refractivity contribution in [2.45, 2.75) is 0 Å². The zero-order chi connectivity index (χ0) is 5.41. The molecule has 40 valence electrons. The van der Waals surface area contributed by atoms with Crippen LogP contribution >= 0.6 is 0 Å². The standard InChI is InChI=1S/Ba.2N3.H2O/c;2*1-3-2;/h;;;1H2/q+2;2*-1;. The molecule has 0 fully saturated rings. The molecule has 0 aliphatic rings. The number of nitrogens with zero attached hydrogens (tertiary/aromatic N) is 6. The molecule has 0 aromatic rings. The first-order chi connectivity index (χ1) is 2.83. The average Bonchev–Trinajstić information content (AvgIpc) is 1.39. The van der Waals surface area contributed by atoms with E-state index in [9.17, 15) is 0 Å². The molecule has 0 unspecified atom stereocenters. The number of hydrogen-bond acceptors (Lipinski definition) is 0. The summed E-state index contributed by atoms with van der Waals surface area (Å²) in [7, 11) is 0. The van der Waals surface area contributed by atoms with Gasteiger partial charge >= 0.3 is 48.9 Å². The Morgan fingerprint density at radius 2 is 0.750 bits per heavy atom. The van der Waals surface area contributed by atoms with Gasteiger partial charge in [-0.15, -0.1) is 0 Å². The number of hydrogen-bond donors (Lipinski definition) is 0. The van der Waals surface area contributed by atoms with E-state index in [0.29, 0.717) is 0 Å². The van der Waals surface area contributed by atoms with Gasteiger partial charge in [0.25, 0.3) is 0 Å². The Morgan fingerprint density at radius 3 is 0.750 bits per heavy atom. The molecule has 0 aromatic heterocycles. The van der Waals surface area contributed by atoms with Crippen LogP contribution in [0.1, 0.15) is 0 Å². The first-order valence-corrected chi connectivity index (χ1v) is 0.800. The Labute approximate surface area is 85.3 Å². The van der Waals surface area contributed by atoms with E-state index in [-0.39, 0.29) is 54.4 Å². The zero-order valence-electron chi connectivity index (χ0n) is 3.89. The normalized spacial score (nSPS) is 2.00. The van der Waals surface area contributed by atoms with Gasteiger partial charge in [-0.2, -0.15) is 0 Å². The Balaban J connectivity index is -0.0000000160. The van der Waals surface area contributed by atoms with E-state index < -0.39 is 0 Å². The van der Waals surface area contributed by atoms with Gasteiger partial charge in [0.2, 0.25) is 0 Å². The van der Waals surface area contributed by atoms with Crippen LogP contribution in [0.25, 0.3) is 31.9 Å². The smallest absolute Gasteiger partial charge is 0.412 e. The van der Waals surface area contributed by atoms with Gasteiger partial charge in [0.1, 0.15) is 0 Å². The predicted octanol–water partition coefficient (Wildman–Crippen LogP) is 0.527. The third-order valence-electron chi connectivity index (χ3n) is 0. The van der Waals surface area contributed by atoms with Gasteiger partial charge in [0.05, 0.1) is 0 Å². The van der Waals surface area contributed by atoms with E-state index in [1.165, 1.54) is 9.82 Å². The molecule has 0 atom stereocenters. The van der Waals surface area contributed by atoms with Gasteiger partial charge in [-0.05, 0) is 0 Å². The molecule has 0 aliphatic heterocycles. The number of rotatable bonds is 0. The van der Waals surface area contributed by atoms with Crippen LogP contribution in [-0.4, -0.2) is 54.4 Å². The molecule has 0 heterocycles. The molecule has 7 nitrogen and oxygen atoms in total. The summed E-state index contributed by atoms with van der Waals surface area (Å²) >= 11 is 0. The van der Waals surface area contributed by atoms with Crippen LogP contribution in [0.15, 0.2) is 0 Å². The summed E-state index contributed by atoms with van der Waals surface area (Å²) in [6, 6.07) is 0. The van der Waals surface area contributed by atoms with Gasteiger partial charge in [0.15, 0.2) is 0 Å². The third kappa shape index (κ3) is 7120. The molecule has 0 saturated carbocycles. The maximum absolute atomic E-state index is 6.75. The second kappa shape index (κ2) is 58.5. The molecule has 0 rings (SSSR count). The fraction of sp³-hybridized carbons (Fsp3) is 0. The monoisotopic (exact) mass is 240 g/mol. The van der Waals surface area contributed by atoms with Gasteiger partial charge in [-0.1, -0.05) is 0 Å². The van der Waals surface area contributed by atoms with Crippen molar-refractivity contribution < 1.29 is 5.48 Å².